The van der Waals surface area contributed by atoms with E-state index in [4.69, 9.17) is 8.94 Å². The highest BCUT2D eigenvalue weighted by Gasteiger charge is 2.18. The molecule has 1 aliphatic rings. The van der Waals surface area contributed by atoms with E-state index in [1.54, 1.807) is 18.2 Å². The molecule has 3 aromatic heterocycles. The van der Waals surface area contributed by atoms with Gasteiger partial charge in [0.25, 0.3) is 5.91 Å². The van der Waals surface area contributed by atoms with E-state index in [0.717, 1.165) is 36.1 Å². The summed E-state index contributed by atoms with van der Waals surface area (Å²) in [5.41, 5.74) is 2.54. The summed E-state index contributed by atoms with van der Waals surface area (Å²) in [6.45, 7) is 4.35. The van der Waals surface area contributed by atoms with Crippen molar-refractivity contribution in [1.82, 2.24) is 15.4 Å². The average Bonchev–Trinajstić information content (AvgIpc) is 3.53. The quantitative estimate of drug-likeness (QED) is 0.483. The average molecular weight is 429 g/mol. The van der Waals surface area contributed by atoms with E-state index in [1.807, 2.05) is 36.4 Å². The van der Waals surface area contributed by atoms with Gasteiger partial charge in [-0.2, -0.15) is 0 Å². The number of hydrogen-bond acceptors (Lipinski definition) is 7. The smallest absolute Gasteiger partial charge is 0.277 e. The van der Waals surface area contributed by atoms with Gasteiger partial charge in [-0.05, 0) is 55.2 Å². The van der Waals surface area contributed by atoms with Crippen LogP contribution in [0.2, 0.25) is 0 Å². The van der Waals surface area contributed by atoms with Crippen molar-refractivity contribution < 1.29 is 13.7 Å². The molecule has 0 bridgehead atoms. The van der Waals surface area contributed by atoms with Gasteiger partial charge in [0.05, 0.1) is 12.0 Å². The van der Waals surface area contributed by atoms with Gasteiger partial charge in [-0.3, -0.25) is 4.79 Å². The molecule has 1 amide bonds. The first kappa shape index (κ1) is 20.0. The summed E-state index contributed by atoms with van der Waals surface area (Å²) in [6, 6.07) is 16.5. The van der Waals surface area contributed by atoms with Crippen LogP contribution >= 0.6 is 0 Å². The number of nitrogens with zero attached hydrogens (tertiary/aromatic N) is 4. The number of furan rings is 1. The van der Waals surface area contributed by atoms with Crippen LogP contribution in [0.4, 0.5) is 11.5 Å². The molecule has 5 rings (SSSR count). The lowest BCUT2D eigenvalue weighted by Crippen LogP contribution is -2.33. The van der Waals surface area contributed by atoms with E-state index in [0.29, 0.717) is 17.2 Å². The number of hydrogen-bond donors (Lipinski definition) is 1. The highest BCUT2D eigenvalue weighted by atomic mass is 16.5. The summed E-state index contributed by atoms with van der Waals surface area (Å²) < 4.78 is 10.4. The van der Waals surface area contributed by atoms with Gasteiger partial charge in [0, 0.05) is 30.4 Å². The minimum absolute atomic E-state index is 0.175. The molecule has 1 saturated heterocycles. The summed E-state index contributed by atoms with van der Waals surface area (Å²) in [6.07, 6.45) is 3.91. The molecule has 162 valence electrons. The molecule has 0 saturated carbocycles. The molecule has 0 unspecified atom stereocenters. The van der Waals surface area contributed by atoms with Gasteiger partial charge >= 0.3 is 0 Å². The number of anilines is 2. The molecule has 4 aromatic rings. The molecule has 1 aliphatic heterocycles. The van der Waals surface area contributed by atoms with Gasteiger partial charge in [-0.1, -0.05) is 24.2 Å². The third-order valence-corrected chi connectivity index (χ3v) is 5.70. The number of carbonyl (C=O) groups excluding carboxylic acids is 1. The van der Waals surface area contributed by atoms with Crippen LogP contribution in [0, 0.1) is 5.92 Å². The summed E-state index contributed by atoms with van der Waals surface area (Å²) in [4.78, 5) is 14.8. The molecule has 1 N–H and O–H groups in total. The summed E-state index contributed by atoms with van der Waals surface area (Å²) in [7, 11) is 0. The minimum Gasteiger partial charge on any atom is -0.461 e. The van der Waals surface area contributed by atoms with Gasteiger partial charge < -0.3 is 19.2 Å². The van der Waals surface area contributed by atoms with Crippen molar-refractivity contribution in [2.75, 3.05) is 23.3 Å². The van der Waals surface area contributed by atoms with Crippen molar-refractivity contribution >= 4 is 17.4 Å². The van der Waals surface area contributed by atoms with E-state index in [1.165, 1.54) is 19.1 Å². The number of benzene rings is 1. The number of aromatic nitrogens is 3. The second kappa shape index (κ2) is 8.66. The van der Waals surface area contributed by atoms with Gasteiger partial charge in [0.2, 0.25) is 5.76 Å². The molecule has 1 fully saturated rings. The Morgan fingerprint density at radius 3 is 2.53 bits per heavy atom. The number of amides is 1. The van der Waals surface area contributed by atoms with Gasteiger partial charge in [-0.15, -0.1) is 10.2 Å². The summed E-state index contributed by atoms with van der Waals surface area (Å²) >= 11 is 0. The van der Waals surface area contributed by atoms with Gasteiger partial charge in [-0.25, -0.2) is 0 Å². The number of carbonyl (C=O) groups is 1. The van der Waals surface area contributed by atoms with Crippen molar-refractivity contribution in [2.24, 2.45) is 5.92 Å². The SMILES string of the molecule is CC1CCN(c2ccc(-c3ccc(NC(=O)c4cc(-c5ccco5)on4)cc3)nn2)CC1. The maximum absolute atomic E-state index is 12.5. The molecule has 4 heterocycles. The first-order chi connectivity index (χ1) is 15.7. The molecule has 0 spiro atoms. The lowest BCUT2D eigenvalue weighted by Gasteiger charge is -2.30. The zero-order chi connectivity index (χ0) is 21.9. The molecule has 0 aliphatic carbocycles. The zero-order valence-corrected chi connectivity index (χ0v) is 17.7. The maximum Gasteiger partial charge on any atom is 0.277 e. The van der Waals surface area contributed by atoms with Crippen LogP contribution in [0.5, 0.6) is 0 Å². The molecule has 1 aromatic carbocycles. The molecule has 8 heteroatoms. The first-order valence-corrected chi connectivity index (χ1v) is 10.7. The first-order valence-electron chi connectivity index (χ1n) is 10.7. The third kappa shape index (κ3) is 4.25. The standard InChI is InChI=1S/C24H23N5O3/c1-16-10-12-29(13-11-16)23-9-8-19(26-27-23)17-4-6-18(7-5-17)25-24(30)20-15-22(32-28-20)21-3-2-14-31-21/h2-9,14-16H,10-13H2,1H3,(H,25,30). The number of piperidine rings is 1. The van der Waals surface area contributed by atoms with Crippen LogP contribution in [0.25, 0.3) is 22.8 Å². The summed E-state index contributed by atoms with van der Waals surface area (Å²) in [5.74, 6) is 2.25. The van der Waals surface area contributed by atoms with E-state index < -0.39 is 0 Å². The van der Waals surface area contributed by atoms with Crippen molar-refractivity contribution in [2.45, 2.75) is 19.8 Å². The molecule has 32 heavy (non-hydrogen) atoms. The Kier molecular flexibility index (Phi) is 5.41. The topological polar surface area (TPSA) is 97.3 Å². The molecular weight excluding hydrogens is 406 g/mol. The zero-order valence-electron chi connectivity index (χ0n) is 17.7. The molecule has 0 atom stereocenters. The minimum atomic E-state index is -0.362. The highest BCUT2D eigenvalue weighted by molar-refractivity contribution is 6.03. The van der Waals surface area contributed by atoms with Crippen LogP contribution in [-0.2, 0) is 0 Å². The Balaban J connectivity index is 1.23. The van der Waals surface area contributed by atoms with Crippen molar-refractivity contribution in [3.05, 3.63) is 66.6 Å². The maximum atomic E-state index is 12.5. The monoisotopic (exact) mass is 429 g/mol. The van der Waals surface area contributed by atoms with Crippen molar-refractivity contribution in [3.63, 3.8) is 0 Å². The lowest BCUT2D eigenvalue weighted by molar-refractivity contribution is 0.101. The Morgan fingerprint density at radius 1 is 1.03 bits per heavy atom. The van der Waals surface area contributed by atoms with Crippen LogP contribution in [-0.4, -0.2) is 34.4 Å². The Hall–Kier alpha value is -3.94. The lowest BCUT2D eigenvalue weighted by atomic mass is 9.99. The Bertz CT molecular complexity index is 1180. The number of rotatable bonds is 5. The molecule has 8 nitrogen and oxygen atoms in total. The van der Waals surface area contributed by atoms with Gasteiger partial charge in [0.15, 0.2) is 17.3 Å². The Morgan fingerprint density at radius 2 is 1.84 bits per heavy atom. The van der Waals surface area contributed by atoms with Crippen LogP contribution in [0.3, 0.4) is 0 Å². The fourth-order valence-electron chi connectivity index (χ4n) is 3.72. The largest absolute Gasteiger partial charge is 0.461 e. The molecular formula is C24H23N5O3. The van der Waals surface area contributed by atoms with Crippen molar-refractivity contribution in [3.8, 4) is 22.8 Å². The fourth-order valence-corrected chi connectivity index (χ4v) is 3.72. The molecule has 0 radical (unpaired) electrons. The van der Waals surface area contributed by atoms with Crippen molar-refractivity contribution in [1.29, 1.82) is 0 Å². The van der Waals surface area contributed by atoms with Gasteiger partial charge in [0.1, 0.15) is 0 Å². The van der Waals surface area contributed by atoms with Crippen LogP contribution in [0.1, 0.15) is 30.3 Å². The number of nitrogens with one attached hydrogen (secondary N) is 1. The van der Waals surface area contributed by atoms with Crippen LogP contribution < -0.4 is 10.2 Å². The van der Waals surface area contributed by atoms with E-state index in [2.05, 4.69) is 32.5 Å². The van der Waals surface area contributed by atoms with Crippen LogP contribution in [0.15, 0.2) is 69.8 Å². The van der Waals surface area contributed by atoms with E-state index in [-0.39, 0.29) is 11.6 Å². The highest BCUT2D eigenvalue weighted by Crippen LogP contribution is 2.25. The predicted molar refractivity (Wildman–Crippen MR) is 120 cm³/mol. The predicted octanol–water partition coefficient (Wildman–Crippen LogP) is 4.88. The second-order valence-corrected chi connectivity index (χ2v) is 8.03. The van der Waals surface area contributed by atoms with E-state index >= 15 is 0 Å². The normalized spacial score (nSPS) is 14.5. The fraction of sp³-hybridized carbons (Fsp3) is 0.250. The second-order valence-electron chi connectivity index (χ2n) is 8.03. The Labute approximate surface area is 185 Å². The summed E-state index contributed by atoms with van der Waals surface area (Å²) in [5, 5.41) is 15.4. The van der Waals surface area contributed by atoms with E-state index in [9.17, 15) is 4.79 Å². The third-order valence-electron chi connectivity index (χ3n) is 5.70.